The number of ether oxygens (including phenoxy) is 1. The van der Waals surface area contributed by atoms with Crippen LogP contribution in [0.15, 0.2) is 12.1 Å². The van der Waals surface area contributed by atoms with Crippen LogP contribution in [-0.2, 0) is 22.6 Å². The second-order valence-corrected chi connectivity index (χ2v) is 4.96. The van der Waals surface area contributed by atoms with Gasteiger partial charge in [-0.3, -0.25) is 4.79 Å². The Labute approximate surface area is 104 Å². The van der Waals surface area contributed by atoms with Crippen molar-refractivity contribution in [2.24, 2.45) is 0 Å². The van der Waals surface area contributed by atoms with Crippen molar-refractivity contribution in [3.63, 3.8) is 0 Å². The molecule has 0 aromatic heterocycles. The van der Waals surface area contributed by atoms with E-state index in [1.165, 1.54) is 0 Å². The minimum absolute atomic E-state index is 0.00898. The molecule has 0 fully saturated rings. The summed E-state index contributed by atoms with van der Waals surface area (Å²) in [6.07, 6.45) is -0.295. The fraction of sp³-hybridized carbons (Fsp3) is 0.462. The zero-order valence-corrected chi connectivity index (χ0v) is 10.6. The van der Waals surface area contributed by atoms with Gasteiger partial charge in [-0.1, -0.05) is 0 Å². The van der Waals surface area contributed by atoms with E-state index in [4.69, 9.17) is 9.84 Å². The quantitative estimate of drug-likeness (QED) is 0.846. The maximum Gasteiger partial charge on any atom is 0.310 e. The van der Waals surface area contributed by atoms with Gasteiger partial charge in [-0.25, -0.2) is 8.78 Å². The molecule has 5 heteroatoms. The Bertz CT molecular complexity index is 450. The average molecular weight is 258 g/mol. The molecule has 0 aliphatic carbocycles. The molecule has 100 valence electrons. The second kappa shape index (κ2) is 5.44. The Morgan fingerprint density at radius 2 is 1.78 bits per heavy atom. The van der Waals surface area contributed by atoms with Gasteiger partial charge in [-0.2, -0.15) is 0 Å². The molecular formula is C13H16F2O3. The molecule has 0 saturated carbocycles. The van der Waals surface area contributed by atoms with Crippen molar-refractivity contribution in [3.8, 4) is 0 Å². The first-order valence-electron chi connectivity index (χ1n) is 5.52. The molecule has 0 heterocycles. The fourth-order valence-corrected chi connectivity index (χ4v) is 1.43. The largest absolute Gasteiger partial charge is 0.460 e. The van der Waals surface area contributed by atoms with Crippen molar-refractivity contribution in [1.82, 2.24) is 0 Å². The van der Waals surface area contributed by atoms with Crippen LogP contribution in [0.5, 0.6) is 0 Å². The number of carbonyl (C=O) groups is 1. The number of esters is 1. The molecule has 1 rings (SSSR count). The van der Waals surface area contributed by atoms with E-state index < -0.39 is 29.8 Å². The third-order valence-electron chi connectivity index (χ3n) is 2.14. The molecule has 3 nitrogen and oxygen atoms in total. The van der Waals surface area contributed by atoms with E-state index in [0.29, 0.717) is 6.07 Å². The number of aliphatic hydroxyl groups excluding tert-OH is 1. The third kappa shape index (κ3) is 4.07. The number of hydrogen-bond donors (Lipinski definition) is 1. The molecule has 1 aromatic carbocycles. The number of halogens is 2. The van der Waals surface area contributed by atoms with E-state index in [1.54, 1.807) is 20.8 Å². The summed E-state index contributed by atoms with van der Waals surface area (Å²) in [5, 5.41) is 8.88. The molecule has 0 unspecified atom stereocenters. The Kier molecular flexibility index (Phi) is 4.40. The van der Waals surface area contributed by atoms with Crippen molar-refractivity contribution in [1.29, 1.82) is 0 Å². The van der Waals surface area contributed by atoms with E-state index in [-0.39, 0.29) is 17.5 Å². The van der Waals surface area contributed by atoms with Gasteiger partial charge in [-0.15, -0.1) is 0 Å². The maximum absolute atomic E-state index is 13.4. The van der Waals surface area contributed by atoms with Crippen LogP contribution in [0.4, 0.5) is 8.78 Å². The molecule has 0 radical (unpaired) electrons. The number of hydrogen-bond acceptors (Lipinski definition) is 3. The lowest BCUT2D eigenvalue weighted by molar-refractivity contribution is -0.153. The molecule has 0 aliphatic heterocycles. The lowest BCUT2D eigenvalue weighted by Crippen LogP contribution is -2.25. The first-order valence-corrected chi connectivity index (χ1v) is 5.52. The zero-order chi connectivity index (χ0) is 13.9. The monoisotopic (exact) mass is 258 g/mol. The lowest BCUT2D eigenvalue weighted by Gasteiger charge is -2.19. The van der Waals surface area contributed by atoms with E-state index in [1.807, 2.05) is 0 Å². The van der Waals surface area contributed by atoms with Crippen LogP contribution >= 0.6 is 0 Å². The standard InChI is InChI=1S/C13H16F2O3/c1-13(2,3)18-12(17)5-8-4-9(7-16)11(15)6-10(8)14/h4,6,16H,5,7H2,1-3H3. The Morgan fingerprint density at radius 1 is 1.22 bits per heavy atom. The summed E-state index contributed by atoms with van der Waals surface area (Å²) in [6, 6.07) is 1.79. The van der Waals surface area contributed by atoms with Crippen molar-refractivity contribution < 1.29 is 23.4 Å². The van der Waals surface area contributed by atoms with Gasteiger partial charge in [0.25, 0.3) is 0 Å². The summed E-state index contributed by atoms with van der Waals surface area (Å²) in [5.41, 5.74) is -0.697. The van der Waals surface area contributed by atoms with Crippen LogP contribution in [0.3, 0.4) is 0 Å². The molecule has 0 spiro atoms. The highest BCUT2D eigenvalue weighted by atomic mass is 19.1. The summed E-state index contributed by atoms with van der Waals surface area (Å²) in [4.78, 5) is 11.5. The smallest absolute Gasteiger partial charge is 0.310 e. The normalized spacial score (nSPS) is 11.4. The van der Waals surface area contributed by atoms with Gasteiger partial charge in [0.15, 0.2) is 0 Å². The van der Waals surface area contributed by atoms with Gasteiger partial charge in [0.1, 0.15) is 17.2 Å². The van der Waals surface area contributed by atoms with E-state index in [0.717, 1.165) is 6.07 Å². The minimum Gasteiger partial charge on any atom is -0.460 e. The van der Waals surface area contributed by atoms with E-state index in [9.17, 15) is 13.6 Å². The Hall–Kier alpha value is -1.49. The summed E-state index contributed by atoms with van der Waals surface area (Å²) < 4.78 is 31.6. The van der Waals surface area contributed by atoms with Crippen LogP contribution in [0, 0.1) is 11.6 Å². The first-order chi connectivity index (χ1) is 8.23. The van der Waals surface area contributed by atoms with E-state index in [2.05, 4.69) is 0 Å². The average Bonchev–Trinajstić information content (AvgIpc) is 2.19. The molecule has 0 amide bonds. The predicted molar refractivity (Wildman–Crippen MR) is 61.8 cm³/mol. The maximum atomic E-state index is 13.4. The third-order valence-corrected chi connectivity index (χ3v) is 2.14. The molecule has 0 saturated heterocycles. The molecule has 0 aliphatic rings. The van der Waals surface area contributed by atoms with Crippen molar-refractivity contribution in [3.05, 3.63) is 34.9 Å². The number of carbonyl (C=O) groups excluding carboxylic acids is 1. The molecule has 1 aromatic rings. The van der Waals surface area contributed by atoms with Crippen LogP contribution in [-0.4, -0.2) is 16.7 Å². The summed E-state index contributed by atoms with van der Waals surface area (Å²) in [6.45, 7) is 4.55. The van der Waals surface area contributed by atoms with Crippen LogP contribution in [0.1, 0.15) is 31.9 Å². The summed E-state index contributed by atoms with van der Waals surface area (Å²) >= 11 is 0. The molecule has 0 atom stereocenters. The van der Waals surface area contributed by atoms with Gasteiger partial charge in [0, 0.05) is 11.6 Å². The SMILES string of the molecule is CC(C)(C)OC(=O)Cc1cc(CO)c(F)cc1F. The van der Waals surface area contributed by atoms with Gasteiger partial charge in [-0.05, 0) is 32.4 Å². The highest BCUT2D eigenvalue weighted by molar-refractivity contribution is 5.73. The van der Waals surface area contributed by atoms with Gasteiger partial charge in [0.2, 0.25) is 0 Å². The topological polar surface area (TPSA) is 46.5 Å². The summed E-state index contributed by atoms with van der Waals surface area (Å²) in [7, 11) is 0. The van der Waals surface area contributed by atoms with Crippen LogP contribution in [0.2, 0.25) is 0 Å². The highest BCUT2D eigenvalue weighted by Gasteiger charge is 2.19. The number of rotatable bonds is 3. The summed E-state index contributed by atoms with van der Waals surface area (Å²) in [5.74, 6) is -2.25. The number of aliphatic hydroxyl groups is 1. The highest BCUT2D eigenvalue weighted by Crippen LogP contribution is 2.17. The van der Waals surface area contributed by atoms with E-state index >= 15 is 0 Å². The molecule has 1 N–H and O–H groups in total. The predicted octanol–water partition coefficient (Wildman–Crippen LogP) is 2.34. The van der Waals surface area contributed by atoms with Gasteiger partial charge < -0.3 is 9.84 Å². The van der Waals surface area contributed by atoms with Gasteiger partial charge >= 0.3 is 5.97 Å². The zero-order valence-electron chi connectivity index (χ0n) is 10.6. The van der Waals surface area contributed by atoms with Gasteiger partial charge in [0.05, 0.1) is 13.0 Å². The van der Waals surface area contributed by atoms with Crippen molar-refractivity contribution >= 4 is 5.97 Å². The van der Waals surface area contributed by atoms with Crippen molar-refractivity contribution in [2.75, 3.05) is 0 Å². The van der Waals surface area contributed by atoms with Crippen LogP contribution in [0.25, 0.3) is 0 Å². The molecular weight excluding hydrogens is 242 g/mol. The number of benzene rings is 1. The Balaban J connectivity index is 2.88. The second-order valence-electron chi connectivity index (χ2n) is 4.96. The first kappa shape index (κ1) is 14.6. The molecule has 18 heavy (non-hydrogen) atoms. The molecule has 0 bridgehead atoms. The minimum atomic E-state index is -0.831. The van der Waals surface area contributed by atoms with Crippen LogP contribution < -0.4 is 0 Å². The Morgan fingerprint density at radius 3 is 2.28 bits per heavy atom. The lowest BCUT2D eigenvalue weighted by atomic mass is 10.1. The fourth-order valence-electron chi connectivity index (χ4n) is 1.43. The van der Waals surface area contributed by atoms with Crippen molar-refractivity contribution in [2.45, 2.75) is 39.4 Å².